The van der Waals surface area contributed by atoms with E-state index in [0.717, 1.165) is 0 Å². The first kappa shape index (κ1) is 24.1. The normalized spacial score (nSPS) is 17.0. The van der Waals surface area contributed by atoms with Crippen LogP contribution in [0.2, 0.25) is 0 Å². The van der Waals surface area contributed by atoms with Crippen molar-refractivity contribution in [2.45, 2.75) is 12.3 Å². The van der Waals surface area contributed by atoms with E-state index in [1.165, 1.54) is 34.5 Å². The van der Waals surface area contributed by atoms with E-state index in [0.29, 0.717) is 56.8 Å². The van der Waals surface area contributed by atoms with E-state index < -0.39 is 11.9 Å². The lowest BCUT2D eigenvalue weighted by Gasteiger charge is -2.26. The molecule has 5 rings (SSSR count). The van der Waals surface area contributed by atoms with Crippen molar-refractivity contribution < 1.29 is 43.1 Å². The Balaban J connectivity index is 1.60. The van der Waals surface area contributed by atoms with Crippen LogP contribution in [0, 0.1) is 0 Å². The lowest BCUT2D eigenvalue weighted by Crippen LogP contribution is -2.21. The van der Waals surface area contributed by atoms with E-state index in [1.807, 2.05) is 0 Å². The Hall–Kier alpha value is -4.66. The predicted molar refractivity (Wildman–Crippen MR) is 132 cm³/mol. The molecule has 9 heteroatoms. The molecule has 1 N–H and O–H groups in total. The molecule has 2 aliphatic rings. The Morgan fingerprint density at radius 3 is 2.22 bits per heavy atom. The number of esters is 1. The minimum absolute atomic E-state index is 0.00925. The second-order valence-electron chi connectivity index (χ2n) is 8.41. The number of Topliss-reactive ketones (excluding diaryl/α,β-unsaturated/α-hetero) is 1. The largest absolute Gasteiger partial charge is 0.504 e. The Kier molecular flexibility index (Phi) is 6.12. The Bertz CT molecular complexity index is 1450. The van der Waals surface area contributed by atoms with Gasteiger partial charge in [0.25, 0.3) is 0 Å². The third kappa shape index (κ3) is 4.08. The van der Waals surface area contributed by atoms with Crippen molar-refractivity contribution in [3.63, 3.8) is 0 Å². The van der Waals surface area contributed by atoms with Crippen molar-refractivity contribution in [2.24, 2.45) is 0 Å². The van der Waals surface area contributed by atoms with Gasteiger partial charge >= 0.3 is 5.97 Å². The third-order valence-electron chi connectivity index (χ3n) is 6.41. The highest BCUT2D eigenvalue weighted by Gasteiger charge is 2.39. The minimum Gasteiger partial charge on any atom is -0.504 e. The smallest absolute Gasteiger partial charge is 0.312 e. The van der Waals surface area contributed by atoms with Gasteiger partial charge < -0.3 is 33.5 Å². The number of carbonyl (C=O) groups excluding carboxylic acids is 2. The van der Waals surface area contributed by atoms with Gasteiger partial charge in [0.1, 0.15) is 17.2 Å². The number of aromatic hydroxyl groups is 1. The Labute approximate surface area is 212 Å². The second-order valence-corrected chi connectivity index (χ2v) is 8.41. The summed E-state index contributed by atoms with van der Waals surface area (Å²) in [6.45, 7) is 0. The van der Waals surface area contributed by atoms with Gasteiger partial charge in [-0.1, -0.05) is 6.07 Å². The molecule has 9 nitrogen and oxygen atoms in total. The number of hydrogen-bond donors (Lipinski definition) is 1. The maximum atomic E-state index is 13.4. The molecule has 2 heterocycles. The maximum Gasteiger partial charge on any atom is 0.312 e. The molecule has 3 aromatic carbocycles. The summed E-state index contributed by atoms with van der Waals surface area (Å²) in [5, 5.41) is 10.3. The third-order valence-corrected chi connectivity index (χ3v) is 6.41. The minimum atomic E-state index is -0.509. The molecule has 1 atom stereocenters. The molecular weight excluding hydrogens is 480 g/mol. The highest BCUT2D eigenvalue weighted by molar-refractivity contribution is 6.15. The van der Waals surface area contributed by atoms with Crippen LogP contribution in [0.4, 0.5) is 0 Å². The van der Waals surface area contributed by atoms with Crippen LogP contribution in [-0.2, 0) is 4.79 Å². The lowest BCUT2D eigenvalue weighted by atomic mass is 9.84. The molecule has 0 spiro atoms. The van der Waals surface area contributed by atoms with Crippen molar-refractivity contribution in [2.75, 3.05) is 28.4 Å². The highest BCUT2D eigenvalue weighted by Crippen LogP contribution is 2.50. The topological polar surface area (TPSA) is 110 Å². The quantitative estimate of drug-likeness (QED) is 0.295. The highest BCUT2D eigenvalue weighted by atomic mass is 16.5. The first-order chi connectivity index (χ1) is 17.9. The summed E-state index contributed by atoms with van der Waals surface area (Å²) in [6.07, 6.45) is 1.58. The van der Waals surface area contributed by atoms with Gasteiger partial charge in [-0.25, -0.2) is 0 Å². The number of rotatable bonds is 6. The van der Waals surface area contributed by atoms with Crippen LogP contribution in [0.5, 0.6) is 40.2 Å². The molecule has 0 saturated carbocycles. The summed E-state index contributed by atoms with van der Waals surface area (Å²) in [4.78, 5) is 25.8. The molecule has 0 bridgehead atoms. The number of hydrogen-bond acceptors (Lipinski definition) is 9. The first-order valence-corrected chi connectivity index (χ1v) is 11.4. The van der Waals surface area contributed by atoms with Gasteiger partial charge in [0.2, 0.25) is 5.78 Å². The van der Waals surface area contributed by atoms with Gasteiger partial charge in [-0.2, -0.15) is 0 Å². The summed E-state index contributed by atoms with van der Waals surface area (Å²) in [5.41, 5.74) is 2.09. The van der Waals surface area contributed by atoms with Gasteiger partial charge in [-0.15, -0.1) is 0 Å². The van der Waals surface area contributed by atoms with Gasteiger partial charge in [0.05, 0.1) is 40.4 Å². The van der Waals surface area contributed by atoms with Crippen LogP contribution in [0.1, 0.15) is 39.4 Å². The van der Waals surface area contributed by atoms with Crippen LogP contribution in [0.15, 0.2) is 48.2 Å². The molecule has 0 aromatic heterocycles. The zero-order valence-electron chi connectivity index (χ0n) is 20.6. The summed E-state index contributed by atoms with van der Waals surface area (Å²) >= 11 is 0. The van der Waals surface area contributed by atoms with Gasteiger partial charge in [-0.05, 0) is 42.0 Å². The molecule has 37 heavy (non-hydrogen) atoms. The number of ether oxygens (including phenoxy) is 6. The van der Waals surface area contributed by atoms with E-state index >= 15 is 0 Å². The molecule has 2 aliphatic heterocycles. The van der Waals surface area contributed by atoms with Crippen LogP contribution >= 0.6 is 0 Å². The first-order valence-electron chi connectivity index (χ1n) is 11.4. The van der Waals surface area contributed by atoms with Crippen LogP contribution in [0.25, 0.3) is 6.08 Å². The number of fused-ring (bicyclic) bond motifs is 3. The SMILES string of the molecule is COc1ccc([C@H]2CC(=O)Oc3ccc4c(c32)O/C(=C/c2cc(OC)c(OC)cc2OC)C4=O)cc1O. The molecular formula is C28H24O9. The van der Waals surface area contributed by atoms with E-state index in [-0.39, 0.29) is 23.7 Å². The average Bonchev–Trinajstić information content (AvgIpc) is 3.22. The summed E-state index contributed by atoms with van der Waals surface area (Å²) in [7, 11) is 5.99. The molecule has 0 unspecified atom stereocenters. The number of carbonyl (C=O) groups is 2. The monoisotopic (exact) mass is 504 g/mol. The Morgan fingerprint density at radius 2 is 1.54 bits per heavy atom. The van der Waals surface area contributed by atoms with Crippen molar-refractivity contribution in [3.8, 4) is 40.2 Å². The fourth-order valence-electron chi connectivity index (χ4n) is 4.62. The Morgan fingerprint density at radius 1 is 0.838 bits per heavy atom. The fraction of sp³-hybridized carbons (Fsp3) is 0.214. The van der Waals surface area contributed by atoms with Crippen molar-refractivity contribution >= 4 is 17.8 Å². The van der Waals surface area contributed by atoms with Crippen molar-refractivity contribution in [1.29, 1.82) is 0 Å². The van der Waals surface area contributed by atoms with Gasteiger partial charge in [0.15, 0.2) is 28.8 Å². The molecule has 0 radical (unpaired) electrons. The van der Waals surface area contributed by atoms with E-state index in [1.54, 1.807) is 42.5 Å². The van der Waals surface area contributed by atoms with Crippen molar-refractivity contribution in [3.05, 3.63) is 70.5 Å². The van der Waals surface area contributed by atoms with E-state index in [4.69, 9.17) is 28.4 Å². The number of phenolic OH excluding ortho intramolecular Hbond substituents is 1. The number of allylic oxidation sites excluding steroid dienone is 1. The standard InChI is InChI=1S/C28H24O9/c1-32-19-7-5-14(9-18(19)29)17-12-25(30)36-20-8-6-16-27(31)24(37-28(16)26(17)20)11-15-10-22(34-3)23(35-4)13-21(15)33-2/h5-11,13,17,29H,12H2,1-4H3/b24-11+/t17-/m1/s1. The lowest BCUT2D eigenvalue weighted by molar-refractivity contribution is -0.135. The van der Waals surface area contributed by atoms with E-state index in [2.05, 4.69) is 0 Å². The zero-order chi connectivity index (χ0) is 26.3. The summed E-state index contributed by atoms with van der Waals surface area (Å²) in [6, 6.07) is 11.4. The summed E-state index contributed by atoms with van der Waals surface area (Å²) < 4.78 is 32.9. The molecule has 190 valence electrons. The van der Waals surface area contributed by atoms with Gasteiger partial charge in [-0.3, -0.25) is 9.59 Å². The molecule has 0 saturated heterocycles. The molecule has 0 aliphatic carbocycles. The van der Waals surface area contributed by atoms with Crippen LogP contribution in [-0.4, -0.2) is 45.3 Å². The van der Waals surface area contributed by atoms with Crippen LogP contribution < -0.4 is 28.4 Å². The average molecular weight is 504 g/mol. The second kappa shape index (κ2) is 9.42. The van der Waals surface area contributed by atoms with Crippen molar-refractivity contribution in [1.82, 2.24) is 0 Å². The predicted octanol–water partition coefficient (Wildman–Crippen LogP) is 4.48. The molecule has 3 aromatic rings. The molecule has 0 fully saturated rings. The number of ketones is 1. The molecule has 0 amide bonds. The van der Waals surface area contributed by atoms with E-state index in [9.17, 15) is 14.7 Å². The summed E-state index contributed by atoms with van der Waals surface area (Å²) in [5.74, 6) is 1.05. The number of methoxy groups -OCH3 is 4. The van der Waals surface area contributed by atoms with Crippen LogP contribution in [0.3, 0.4) is 0 Å². The fourth-order valence-corrected chi connectivity index (χ4v) is 4.62. The number of benzene rings is 3. The van der Waals surface area contributed by atoms with Gasteiger partial charge in [0, 0.05) is 23.1 Å². The maximum absolute atomic E-state index is 13.4. The number of phenols is 1. The zero-order valence-corrected chi connectivity index (χ0v) is 20.6.